The molecule has 0 fully saturated rings. The topological polar surface area (TPSA) is 101 Å². The number of amides is 1. The maximum atomic E-state index is 12.9. The first-order chi connectivity index (χ1) is 14.0. The molecule has 0 spiro atoms. The largest absolute Gasteiger partial charge is 0.454 e. The van der Waals surface area contributed by atoms with Gasteiger partial charge in [0.25, 0.3) is 11.5 Å². The van der Waals surface area contributed by atoms with Gasteiger partial charge in [0.1, 0.15) is 6.54 Å². The molecule has 0 radical (unpaired) electrons. The van der Waals surface area contributed by atoms with Gasteiger partial charge in [-0.25, -0.2) is 4.79 Å². The molecule has 8 nitrogen and oxygen atoms in total. The average Bonchev–Trinajstić information content (AvgIpc) is 2.72. The van der Waals surface area contributed by atoms with Crippen molar-refractivity contribution in [3.63, 3.8) is 0 Å². The number of aromatic nitrogens is 2. The number of para-hydroxylation sites is 2. The number of ether oxygens (including phenoxy) is 1. The molecule has 2 heterocycles. The number of esters is 1. The molecule has 1 N–H and O–H groups in total. The summed E-state index contributed by atoms with van der Waals surface area (Å²) in [5, 5.41) is 0. The first-order valence-electron chi connectivity index (χ1n) is 8.67. The number of nitrogens with one attached hydrogen (secondary N) is 1. The van der Waals surface area contributed by atoms with Gasteiger partial charge >= 0.3 is 11.7 Å². The van der Waals surface area contributed by atoms with E-state index in [1.165, 1.54) is 11.1 Å². The van der Waals surface area contributed by atoms with Crippen LogP contribution in [0.5, 0.6) is 0 Å². The van der Waals surface area contributed by atoms with E-state index >= 15 is 0 Å². The van der Waals surface area contributed by atoms with Crippen molar-refractivity contribution in [3.8, 4) is 0 Å². The molecule has 1 aliphatic heterocycles. The molecule has 1 aliphatic rings. The lowest BCUT2D eigenvalue weighted by Gasteiger charge is -2.30. The van der Waals surface area contributed by atoms with Gasteiger partial charge in [-0.3, -0.25) is 28.8 Å². The number of nitrogens with zero attached hydrogens (tertiary/aromatic N) is 2. The fraction of sp³-hybridized carbons (Fsp3) is 0.100. The van der Waals surface area contributed by atoms with Gasteiger partial charge in [0, 0.05) is 22.1 Å². The van der Waals surface area contributed by atoms with Crippen LogP contribution in [0.4, 0.5) is 11.4 Å². The number of H-pyrrole nitrogens is 1. The molecule has 2 aromatic carbocycles. The van der Waals surface area contributed by atoms with Gasteiger partial charge in [-0.15, -0.1) is 0 Å². The number of anilines is 2. The van der Waals surface area contributed by atoms with Crippen LogP contribution in [-0.2, 0) is 20.9 Å². The minimum atomic E-state index is -0.763. The van der Waals surface area contributed by atoms with Crippen molar-refractivity contribution < 1.29 is 14.3 Å². The van der Waals surface area contributed by atoms with E-state index in [1.54, 1.807) is 11.8 Å². The lowest BCUT2D eigenvalue weighted by Crippen LogP contribution is -2.34. The summed E-state index contributed by atoms with van der Waals surface area (Å²) in [6.07, 6.45) is 1.19. The predicted octanol–water partition coefficient (Wildman–Crippen LogP) is 1.91. The van der Waals surface area contributed by atoms with E-state index in [0.717, 1.165) is 20.4 Å². The van der Waals surface area contributed by atoms with E-state index < -0.39 is 36.3 Å². The minimum Gasteiger partial charge on any atom is -0.454 e. The first-order valence-corrected chi connectivity index (χ1v) is 9.49. The molecule has 4 rings (SSSR count). The highest BCUT2D eigenvalue weighted by Gasteiger charge is 2.28. The van der Waals surface area contributed by atoms with Crippen LogP contribution in [0.2, 0.25) is 0 Å². The van der Waals surface area contributed by atoms with Crippen LogP contribution >= 0.6 is 11.8 Å². The highest BCUT2D eigenvalue weighted by Crippen LogP contribution is 2.47. The Morgan fingerprint density at radius 3 is 2.17 bits per heavy atom. The zero-order chi connectivity index (χ0) is 20.4. The monoisotopic (exact) mass is 409 g/mol. The number of fused-ring (bicyclic) bond motifs is 2. The molecule has 9 heteroatoms. The molecule has 1 aromatic heterocycles. The number of carbonyl (C=O) groups is 2. The molecule has 0 saturated heterocycles. The Bertz CT molecular complexity index is 1170. The Hall–Kier alpha value is -3.59. The van der Waals surface area contributed by atoms with Gasteiger partial charge in [-0.1, -0.05) is 36.0 Å². The molecule has 0 aliphatic carbocycles. The lowest BCUT2D eigenvalue weighted by atomic mass is 10.2. The van der Waals surface area contributed by atoms with Crippen molar-refractivity contribution in [1.29, 1.82) is 0 Å². The van der Waals surface area contributed by atoms with Crippen molar-refractivity contribution >= 4 is 35.0 Å². The highest BCUT2D eigenvalue weighted by atomic mass is 32.2. The molecule has 3 aromatic rings. The summed E-state index contributed by atoms with van der Waals surface area (Å²) >= 11 is 1.56. The standard InChI is InChI=1S/C20H15N3O5S/c24-17-9-10-22(20(27)21-17)11-19(26)28-12-18(25)23-13-5-1-3-7-15(13)29-16-8-4-2-6-14(16)23/h1-10H,11-12H2,(H,21,24,27). The summed E-state index contributed by atoms with van der Waals surface area (Å²) in [4.78, 5) is 53.2. The Kier molecular flexibility index (Phi) is 5.05. The number of aromatic amines is 1. The number of hydrogen-bond donors (Lipinski definition) is 1. The summed E-state index contributed by atoms with van der Waals surface area (Å²) < 4.78 is 6.08. The number of rotatable bonds is 4. The summed E-state index contributed by atoms with van der Waals surface area (Å²) in [6, 6.07) is 16.1. The fourth-order valence-corrected chi connectivity index (χ4v) is 3.99. The van der Waals surface area contributed by atoms with Crippen LogP contribution in [-0.4, -0.2) is 28.0 Å². The van der Waals surface area contributed by atoms with Crippen LogP contribution in [0.3, 0.4) is 0 Å². The summed E-state index contributed by atoms with van der Waals surface area (Å²) in [7, 11) is 0. The predicted molar refractivity (Wildman–Crippen MR) is 106 cm³/mol. The van der Waals surface area contributed by atoms with Crippen molar-refractivity contribution in [2.75, 3.05) is 11.5 Å². The lowest BCUT2D eigenvalue weighted by molar-refractivity contribution is -0.148. The van der Waals surface area contributed by atoms with Crippen molar-refractivity contribution in [2.24, 2.45) is 0 Å². The number of carbonyl (C=O) groups excluding carboxylic acids is 2. The molecule has 1 amide bonds. The third kappa shape index (κ3) is 3.85. The third-order valence-corrected chi connectivity index (χ3v) is 5.36. The summed E-state index contributed by atoms with van der Waals surface area (Å²) in [5.74, 6) is -1.17. The zero-order valence-electron chi connectivity index (χ0n) is 15.0. The molecule has 0 atom stereocenters. The van der Waals surface area contributed by atoms with E-state index in [-0.39, 0.29) is 0 Å². The maximum absolute atomic E-state index is 12.9. The van der Waals surface area contributed by atoms with Gasteiger partial charge in [0.15, 0.2) is 6.61 Å². The molecule has 29 heavy (non-hydrogen) atoms. The van der Waals surface area contributed by atoms with Gasteiger partial charge < -0.3 is 4.74 Å². The van der Waals surface area contributed by atoms with Gasteiger partial charge in [-0.05, 0) is 24.3 Å². The van der Waals surface area contributed by atoms with E-state index in [1.807, 2.05) is 53.5 Å². The average molecular weight is 409 g/mol. The Labute approximate surface area is 168 Å². The Morgan fingerprint density at radius 1 is 0.931 bits per heavy atom. The second-order valence-electron chi connectivity index (χ2n) is 6.17. The smallest absolute Gasteiger partial charge is 0.328 e. The van der Waals surface area contributed by atoms with Crippen LogP contribution in [0.1, 0.15) is 0 Å². The van der Waals surface area contributed by atoms with Crippen molar-refractivity contribution in [2.45, 2.75) is 16.3 Å². The SMILES string of the molecule is O=C(Cn1ccc(=O)[nH]c1=O)OCC(=O)N1c2ccccc2Sc2ccccc21. The summed E-state index contributed by atoms with van der Waals surface area (Å²) in [6.45, 7) is -0.893. The molecule has 0 bridgehead atoms. The maximum Gasteiger partial charge on any atom is 0.328 e. The normalized spacial score (nSPS) is 12.1. The second kappa shape index (κ2) is 7.80. The summed E-state index contributed by atoms with van der Waals surface area (Å²) in [5.41, 5.74) is 0.148. The molecular weight excluding hydrogens is 394 g/mol. The third-order valence-electron chi connectivity index (χ3n) is 4.23. The van der Waals surface area contributed by atoms with Crippen molar-refractivity contribution in [3.05, 3.63) is 81.6 Å². The van der Waals surface area contributed by atoms with Crippen LogP contribution in [0.15, 0.2) is 80.2 Å². The van der Waals surface area contributed by atoms with E-state index in [9.17, 15) is 19.2 Å². The van der Waals surface area contributed by atoms with Crippen molar-refractivity contribution in [1.82, 2.24) is 9.55 Å². The Morgan fingerprint density at radius 2 is 1.55 bits per heavy atom. The number of hydrogen-bond acceptors (Lipinski definition) is 6. The van der Waals surface area contributed by atoms with Crippen LogP contribution in [0.25, 0.3) is 0 Å². The first kappa shape index (κ1) is 18.8. The molecule has 0 saturated carbocycles. The van der Waals surface area contributed by atoms with Gasteiger partial charge in [0.2, 0.25) is 0 Å². The van der Waals surface area contributed by atoms with E-state index in [4.69, 9.17) is 4.74 Å². The second-order valence-corrected chi connectivity index (χ2v) is 7.25. The van der Waals surface area contributed by atoms with Crippen LogP contribution in [0, 0.1) is 0 Å². The number of benzene rings is 2. The van der Waals surface area contributed by atoms with E-state index in [0.29, 0.717) is 11.4 Å². The Balaban J connectivity index is 1.51. The zero-order valence-corrected chi connectivity index (χ0v) is 15.8. The van der Waals surface area contributed by atoms with Crippen LogP contribution < -0.4 is 16.1 Å². The minimum absolute atomic E-state index is 0.410. The fourth-order valence-electron chi connectivity index (χ4n) is 2.93. The highest BCUT2D eigenvalue weighted by molar-refractivity contribution is 7.99. The van der Waals surface area contributed by atoms with Gasteiger partial charge in [-0.2, -0.15) is 0 Å². The quantitative estimate of drug-likeness (QED) is 0.661. The molecule has 146 valence electrons. The van der Waals surface area contributed by atoms with Gasteiger partial charge in [0.05, 0.1) is 11.4 Å². The molecular formula is C20H15N3O5S. The molecule has 0 unspecified atom stereocenters. The van der Waals surface area contributed by atoms with E-state index in [2.05, 4.69) is 0 Å².